The van der Waals surface area contributed by atoms with Crippen LogP contribution in [-0.4, -0.2) is 12.1 Å². The minimum atomic E-state index is 0.427. The number of ether oxygens (including phenoxy) is 1. The van der Waals surface area contributed by atoms with E-state index in [4.69, 9.17) is 9.15 Å². The lowest BCUT2D eigenvalue weighted by Crippen LogP contribution is -2.21. The van der Waals surface area contributed by atoms with Crippen molar-refractivity contribution in [2.24, 2.45) is 0 Å². The van der Waals surface area contributed by atoms with Crippen molar-refractivity contribution >= 4 is 0 Å². The van der Waals surface area contributed by atoms with Crippen molar-refractivity contribution in [3.05, 3.63) is 42.4 Å². The van der Waals surface area contributed by atoms with E-state index in [1.54, 1.807) is 6.26 Å². The average molecular weight is 271 g/mol. The van der Waals surface area contributed by atoms with Gasteiger partial charge >= 0.3 is 0 Å². The molecule has 0 radical (unpaired) electrons. The summed E-state index contributed by atoms with van der Waals surface area (Å²) in [6.07, 6.45) is 4.54. The minimum absolute atomic E-state index is 0.427. The van der Waals surface area contributed by atoms with Gasteiger partial charge in [0.2, 0.25) is 0 Å². The topological polar surface area (TPSA) is 34.4 Å². The summed E-state index contributed by atoms with van der Waals surface area (Å²) in [7, 11) is 0. The second kappa shape index (κ2) is 5.71. The fraction of sp³-hybridized carbons (Fsp3) is 0.412. The van der Waals surface area contributed by atoms with Crippen LogP contribution in [0.4, 0.5) is 0 Å². The number of hydrogen-bond donors (Lipinski definition) is 1. The largest absolute Gasteiger partial charge is 0.490 e. The average Bonchev–Trinajstić information content (AvgIpc) is 3.11. The monoisotopic (exact) mass is 271 g/mol. The van der Waals surface area contributed by atoms with Crippen molar-refractivity contribution in [2.75, 3.05) is 0 Å². The zero-order chi connectivity index (χ0) is 13.9. The Kier molecular flexibility index (Phi) is 3.79. The first-order valence-electron chi connectivity index (χ1n) is 7.29. The van der Waals surface area contributed by atoms with E-state index in [-0.39, 0.29) is 0 Å². The molecule has 0 aliphatic heterocycles. The van der Waals surface area contributed by atoms with Gasteiger partial charge in [-0.15, -0.1) is 0 Å². The summed E-state index contributed by atoms with van der Waals surface area (Å²) in [6.45, 7) is 5.01. The maximum atomic E-state index is 5.86. The summed E-state index contributed by atoms with van der Waals surface area (Å²) in [5.41, 5.74) is 2.29. The van der Waals surface area contributed by atoms with Crippen molar-refractivity contribution in [1.29, 1.82) is 0 Å². The molecule has 1 N–H and O–H groups in total. The van der Waals surface area contributed by atoms with Gasteiger partial charge in [-0.2, -0.15) is 0 Å². The summed E-state index contributed by atoms with van der Waals surface area (Å²) < 4.78 is 11.5. The molecular weight excluding hydrogens is 250 g/mol. The van der Waals surface area contributed by atoms with Crippen LogP contribution in [0.25, 0.3) is 11.1 Å². The van der Waals surface area contributed by atoms with E-state index in [1.807, 2.05) is 18.2 Å². The van der Waals surface area contributed by atoms with E-state index in [1.165, 1.54) is 12.8 Å². The van der Waals surface area contributed by atoms with Gasteiger partial charge in [-0.1, -0.05) is 26.0 Å². The molecule has 0 amide bonds. The quantitative estimate of drug-likeness (QED) is 0.862. The number of rotatable bonds is 6. The number of nitrogens with one attached hydrogen (secondary N) is 1. The van der Waals surface area contributed by atoms with Crippen LogP contribution in [0.1, 0.15) is 32.4 Å². The first-order valence-corrected chi connectivity index (χ1v) is 7.29. The molecular formula is C17H21NO2. The molecule has 1 fully saturated rings. The molecule has 0 bridgehead atoms. The molecule has 1 aromatic heterocycles. The Labute approximate surface area is 119 Å². The fourth-order valence-corrected chi connectivity index (χ4v) is 2.15. The lowest BCUT2D eigenvalue weighted by Gasteiger charge is -2.09. The molecule has 3 rings (SSSR count). The van der Waals surface area contributed by atoms with Crippen molar-refractivity contribution in [3.63, 3.8) is 0 Å². The Bertz CT molecular complexity index is 570. The van der Waals surface area contributed by atoms with E-state index < -0.39 is 0 Å². The van der Waals surface area contributed by atoms with Gasteiger partial charge in [-0.3, -0.25) is 0 Å². The molecule has 1 aromatic carbocycles. The Hall–Kier alpha value is -1.74. The van der Waals surface area contributed by atoms with E-state index in [0.29, 0.717) is 12.1 Å². The summed E-state index contributed by atoms with van der Waals surface area (Å²) in [6, 6.07) is 10.7. The molecule has 1 heterocycles. The predicted molar refractivity (Wildman–Crippen MR) is 79.8 cm³/mol. The van der Waals surface area contributed by atoms with Gasteiger partial charge in [0, 0.05) is 11.6 Å². The molecule has 0 spiro atoms. The minimum Gasteiger partial charge on any atom is -0.490 e. The van der Waals surface area contributed by atoms with Crippen LogP contribution in [0.2, 0.25) is 0 Å². The van der Waals surface area contributed by atoms with Gasteiger partial charge in [0.25, 0.3) is 0 Å². The van der Waals surface area contributed by atoms with Gasteiger partial charge in [-0.25, -0.2) is 0 Å². The molecule has 1 aliphatic rings. The molecule has 0 atom stereocenters. The van der Waals surface area contributed by atoms with Gasteiger partial charge in [0.1, 0.15) is 11.5 Å². The Morgan fingerprint density at radius 1 is 1.30 bits per heavy atom. The first-order chi connectivity index (χ1) is 9.72. The lowest BCUT2D eigenvalue weighted by molar-refractivity contribution is 0.303. The van der Waals surface area contributed by atoms with Crippen LogP contribution < -0.4 is 10.1 Å². The third kappa shape index (κ3) is 3.23. The molecule has 20 heavy (non-hydrogen) atoms. The normalized spacial score (nSPS) is 14.8. The van der Waals surface area contributed by atoms with Crippen LogP contribution in [0.3, 0.4) is 0 Å². The maximum absolute atomic E-state index is 5.86. The standard InChI is InChI=1S/C17H21NO2/c1-12(2)18-11-17-16(8-9-19-17)13-4-3-5-15(10-13)20-14-6-7-14/h3-5,8-10,12,14,18H,6-7,11H2,1-2H3. The van der Waals surface area contributed by atoms with Crippen molar-refractivity contribution in [2.45, 2.75) is 45.4 Å². The molecule has 1 aliphatic carbocycles. The Morgan fingerprint density at radius 2 is 2.15 bits per heavy atom. The zero-order valence-corrected chi connectivity index (χ0v) is 12.1. The van der Waals surface area contributed by atoms with E-state index >= 15 is 0 Å². The summed E-state index contributed by atoms with van der Waals surface area (Å²) in [5, 5.41) is 3.39. The number of hydrogen-bond acceptors (Lipinski definition) is 3. The van der Waals surface area contributed by atoms with Crippen LogP contribution in [0.15, 0.2) is 41.0 Å². The molecule has 3 heteroatoms. The molecule has 106 valence electrons. The van der Waals surface area contributed by atoms with Crippen molar-refractivity contribution < 1.29 is 9.15 Å². The summed E-state index contributed by atoms with van der Waals surface area (Å²) >= 11 is 0. The van der Waals surface area contributed by atoms with Crippen LogP contribution in [0, 0.1) is 0 Å². The van der Waals surface area contributed by atoms with E-state index in [9.17, 15) is 0 Å². The van der Waals surface area contributed by atoms with Crippen LogP contribution >= 0.6 is 0 Å². The maximum Gasteiger partial charge on any atom is 0.125 e. The number of benzene rings is 1. The lowest BCUT2D eigenvalue weighted by atomic mass is 10.1. The highest BCUT2D eigenvalue weighted by Gasteiger charge is 2.23. The Balaban J connectivity index is 1.79. The zero-order valence-electron chi connectivity index (χ0n) is 12.1. The van der Waals surface area contributed by atoms with Gasteiger partial charge in [-0.05, 0) is 36.6 Å². The van der Waals surface area contributed by atoms with Gasteiger partial charge in [0.05, 0.1) is 18.9 Å². The molecule has 0 unspecified atom stereocenters. The van der Waals surface area contributed by atoms with Crippen LogP contribution in [0.5, 0.6) is 5.75 Å². The first kappa shape index (κ1) is 13.3. The van der Waals surface area contributed by atoms with Gasteiger partial charge < -0.3 is 14.5 Å². The molecule has 3 nitrogen and oxygen atoms in total. The molecule has 2 aromatic rings. The summed E-state index contributed by atoms with van der Waals surface area (Å²) in [5.74, 6) is 1.93. The summed E-state index contributed by atoms with van der Waals surface area (Å²) in [4.78, 5) is 0. The van der Waals surface area contributed by atoms with Crippen LogP contribution in [-0.2, 0) is 6.54 Å². The third-order valence-electron chi connectivity index (χ3n) is 3.39. The number of furan rings is 1. The smallest absolute Gasteiger partial charge is 0.125 e. The second-order valence-corrected chi connectivity index (χ2v) is 5.64. The molecule has 0 saturated heterocycles. The molecule has 1 saturated carbocycles. The van der Waals surface area contributed by atoms with Crippen molar-refractivity contribution in [1.82, 2.24) is 5.32 Å². The predicted octanol–water partition coefficient (Wildman–Crippen LogP) is 3.99. The van der Waals surface area contributed by atoms with Crippen molar-refractivity contribution in [3.8, 4) is 16.9 Å². The fourth-order valence-electron chi connectivity index (χ4n) is 2.15. The Morgan fingerprint density at radius 3 is 2.90 bits per heavy atom. The van der Waals surface area contributed by atoms with E-state index in [0.717, 1.165) is 29.2 Å². The third-order valence-corrected chi connectivity index (χ3v) is 3.39. The second-order valence-electron chi connectivity index (χ2n) is 5.64. The highest BCUT2D eigenvalue weighted by Crippen LogP contribution is 2.31. The van der Waals surface area contributed by atoms with E-state index in [2.05, 4.69) is 31.3 Å². The highest BCUT2D eigenvalue weighted by molar-refractivity contribution is 5.67. The highest BCUT2D eigenvalue weighted by atomic mass is 16.5. The SMILES string of the molecule is CC(C)NCc1occc1-c1cccc(OC2CC2)c1. The van der Waals surface area contributed by atoms with Gasteiger partial charge in [0.15, 0.2) is 0 Å².